The van der Waals surface area contributed by atoms with Crippen molar-refractivity contribution in [1.82, 2.24) is 14.2 Å². The molecule has 0 fully saturated rings. The van der Waals surface area contributed by atoms with Crippen LogP contribution in [-0.4, -0.2) is 14.2 Å². The molecule has 0 N–H and O–H groups in total. The van der Waals surface area contributed by atoms with Gasteiger partial charge in [0.2, 0.25) is 6.20 Å². The predicted octanol–water partition coefficient (Wildman–Crippen LogP) is 6.91. The summed E-state index contributed by atoms with van der Waals surface area (Å²) in [5.74, 6) is 2.87. The van der Waals surface area contributed by atoms with Crippen LogP contribution in [0.2, 0.25) is 0 Å². The lowest BCUT2D eigenvalue weighted by atomic mass is 9.84. The van der Waals surface area contributed by atoms with Crippen molar-refractivity contribution in [2.45, 2.75) is 5.66 Å². The number of para-hydroxylation sites is 1. The second-order valence-electron chi connectivity index (χ2n) is 11.7. The number of benzene rings is 4. The summed E-state index contributed by atoms with van der Waals surface area (Å²) in [7, 11) is 0. The molecule has 3 aliphatic rings. The van der Waals surface area contributed by atoms with Crippen LogP contribution >= 0.6 is 0 Å². The molecule has 1 spiro atoms. The van der Waals surface area contributed by atoms with Crippen molar-refractivity contribution < 1.29 is 14.0 Å². The Morgan fingerprint density at radius 1 is 0.659 bits per heavy atom. The number of nitrogens with zero attached hydrogens (tertiary/aromatic N) is 5. The molecule has 11 rings (SSSR count). The van der Waals surface area contributed by atoms with Gasteiger partial charge in [0.15, 0.2) is 11.1 Å². The first-order valence-corrected chi connectivity index (χ1v) is 14.9. The van der Waals surface area contributed by atoms with Gasteiger partial charge in [-0.25, -0.2) is 0 Å². The van der Waals surface area contributed by atoms with Crippen molar-refractivity contribution in [3.63, 3.8) is 0 Å². The van der Waals surface area contributed by atoms with Crippen molar-refractivity contribution in [3.05, 3.63) is 151 Å². The minimum atomic E-state index is -0.692. The van der Waals surface area contributed by atoms with Gasteiger partial charge >= 0.3 is 5.66 Å². The monoisotopic (exact) mass is 565 g/mol. The number of rotatable bonds is 2. The number of ether oxygens (including phenoxy) is 1. The zero-order valence-corrected chi connectivity index (χ0v) is 23.4. The highest BCUT2D eigenvalue weighted by Crippen LogP contribution is 2.55. The molecule has 44 heavy (non-hydrogen) atoms. The second-order valence-corrected chi connectivity index (χ2v) is 11.7. The molecule has 0 amide bonds. The first-order chi connectivity index (χ1) is 21.8. The van der Waals surface area contributed by atoms with Gasteiger partial charge in [-0.05, 0) is 54.1 Å². The van der Waals surface area contributed by atoms with Crippen LogP contribution in [0.25, 0.3) is 55.7 Å². The van der Waals surface area contributed by atoms with Crippen molar-refractivity contribution in [3.8, 4) is 45.4 Å². The van der Waals surface area contributed by atoms with Crippen LogP contribution in [0, 0.1) is 0 Å². The van der Waals surface area contributed by atoms with Gasteiger partial charge in [0.25, 0.3) is 5.82 Å². The van der Waals surface area contributed by atoms with Crippen LogP contribution in [0.15, 0.2) is 140 Å². The van der Waals surface area contributed by atoms with E-state index in [-0.39, 0.29) is 0 Å². The van der Waals surface area contributed by atoms with E-state index >= 15 is 0 Å². The maximum Gasteiger partial charge on any atom is 0.397 e. The highest BCUT2D eigenvalue weighted by atomic mass is 16.5. The minimum Gasteiger partial charge on any atom is -0.456 e. The highest BCUT2D eigenvalue weighted by Gasteiger charge is 2.68. The third-order valence-electron chi connectivity index (χ3n) is 9.64. The lowest BCUT2D eigenvalue weighted by Crippen LogP contribution is -2.76. The van der Waals surface area contributed by atoms with Gasteiger partial charge in [0.1, 0.15) is 28.3 Å². The van der Waals surface area contributed by atoms with E-state index < -0.39 is 5.66 Å². The van der Waals surface area contributed by atoms with Crippen molar-refractivity contribution in [2.24, 2.45) is 0 Å². The van der Waals surface area contributed by atoms with Crippen LogP contribution in [0.4, 0.5) is 0 Å². The van der Waals surface area contributed by atoms with Crippen LogP contribution in [0.1, 0.15) is 11.1 Å². The van der Waals surface area contributed by atoms with Crippen molar-refractivity contribution in [1.29, 1.82) is 0 Å². The fraction of sp³-hybridized carbons (Fsp3) is 0.0263. The van der Waals surface area contributed by atoms with Gasteiger partial charge in [-0.3, -0.25) is 4.98 Å². The number of aromatic nitrogens is 5. The van der Waals surface area contributed by atoms with Crippen LogP contribution in [0.3, 0.4) is 0 Å². The molecule has 4 aromatic heterocycles. The fourth-order valence-corrected chi connectivity index (χ4v) is 7.91. The van der Waals surface area contributed by atoms with Gasteiger partial charge < -0.3 is 4.74 Å². The molecule has 7 heterocycles. The summed E-state index contributed by atoms with van der Waals surface area (Å²) >= 11 is 0. The first-order valence-electron chi connectivity index (χ1n) is 14.9. The number of fused-ring (bicyclic) bond motifs is 7. The van der Waals surface area contributed by atoms with E-state index in [4.69, 9.17) is 9.72 Å². The van der Waals surface area contributed by atoms with Gasteiger partial charge in [0, 0.05) is 28.6 Å². The summed E-state index contributed by atoms with van der Waals surface area (Å²) in [6.45, 7) is 0. The van der Waals surface area contributed by atoms with Crippen molar-refractivity contribution in [2.75, 3.05) is 0 Å². The second kappa shape index (κ2) is 7.68. The normalized spacial score (nSPS) is 16.5. The predicted molar refractivity (Wildman–Crippen MR) is 167 cm³/mol. The molecular weight excluding hydrogens is 542 g/mol. The Hall–Kier alpha value is -6.01. The Labute approximate surface area is 251 Å². The van der Waals surface area contributed by atoms with Crippen LogP contribution < -0.4 is 14.0 Å². The van der Waals surface area contributed by atoms with Crippen molar-refractivity contribution >= 4 is 21.8 Å². The zero-order chi connectivity index (χ0) is 28.6. The summed E-state index contributed by atoms with van der Waals surface area (Å²) in [4.78, 5) is 4.94. The highest BCUT2D eigenvalue weighted by molar-refractivity contribution is 6.11. The van der Waals surface area contributed by atoms with Gasteiger partial charge in [-0.1, -0.05) is 65.3 Å². The Morgan fingerprint density at radius 2 is 1.52 bits per heavy atom. The number of hydrogen-bond acceptors (Lipinski definition) is 2. The molecular formula is C38H23N5O+2. The first kappa shape index (κ1) is 22.6. The minimum absolute atomic E-state index is 0.692. The Bertz CT molecular complexity index is 2530. The van der Waals surface area contributed by atoms with Crippen LogP contribution in [0.5, 0.6) is 11.5 Å². The summed E-state index contributed by atoms with van der Waals surface area (Å²) in [6.07, 6.45) is 8.65. The van der Waals surface area contributed by atoms with E-state index in [2.05, 4.69) is 146 Å². The van der Waals surface area contributed by atoms with Gasteiger partial charge in [-0.15, -0.1) is 4.68 Å². The standard InChI is InChI=1S/C38H23N5O/c1-2-9-24(10-3-1)25-16-18-29(39-21-25)26-22-41-31-13-8-14-32-35(31)38(42(41)23-26)36-33(44-32)19-17-28-27-11-4-5-12-30(27)43(37(28)36)34-15-6-7-20-40(34)38/h1-23H/q+2. The molecule has 204 valence electrons. The van der Waals surface area contributed by atoms with E-state index in [0.717, 1.165) is 56.5 Å². The quantitative estimate of drug-likeness (QED) is 0.214. The maximum absolute atomic E-state index is 6.75. The Balaban J connectivity index is 1.25. The third kappa shape index (κ3) is 2.49. The average molecular weight is 566 g/mol. The number of hydrogen-bond donors (Lipinski definition) is 0. The Kier molecular flexibility index (Phi) is 3.94. The summed E-state index contributed by atoms with van der Waals surface area (Å²) in [6, 6.07) is 40.6. The molecule has 0 saturated carbocycles. The summed E-state index contributed by atoms with van der Waals surface area (Å²) < 4.78 is 16.2. The molecule has 6 heteroatoms. The van der Waals surface area contributed by atoms with E-state index in [1.807, 2.05) is 12.3 Å². The molecule has 1 unspecified atom stereocenters. The SMILES string of the molecule is c1ccc(-c2ccc(-c3cn4[n+](c3)C35c6c(cccc6-4)Oc4ccc6c7ccccc7n(c6c43)-c3cccc[n+]35)nc2)cc1. The molecule has 1 atom stereocenters. The molecule has 0 radical (unpaired) electrons. The lowest BCUT2D eigenvalue weighted by molar-refractivity contribution is -0.993. The molecule has 0 bridgehead atoms. The lowest BCUT2D eigenvalue weighted by Gasteiger charge is -2.32. The summed E-state index contributed by atoms with van der Waals surface area (Å²) in [5, 5.41) is 2.46. The third-order valence-corrected chi connectivity index (χ3v) is 9.64. The Morgan fingerprint density at radius 3 is 2.43 bits per heavy atom. The smallest absolute Gasteiger partial charge is 0.397 e. The summed E-state index contributed by atoms with van der Waals surface area (Å²) in [5.41, 5.74) is 9.33. The van der Waals surface area contributed by atoms with E-state index in [1.54, 1.807) is 0 Å². The molecule has 4 aromatic carbocycles. The van der Waals surface area contributed by atoms with Gasteiger partial charge in [-0.2, -0.15) is 9.13 Å². The molecule has 3 aliphatic heterocycles. The molecule has 8 aromatic rings. The molecule has 6 nitrogen and oxygen atoms in total. The molecule has 0 saturated heterocycles. The van der Waals surface area contributed by atoms with Crippen LogP contribution in [-0.2, 0) is 5.66 Å². The topological polar surface area (TPSA) is 39.7 Å². The molecule has 0 aliphatic carbocycles. The average Bonchev–Trinajstić information content (AvgIpc) is 3.75. The van der Waals surface area contributed by atoms with E-state index in [1.165, 1.54) is 21.8 Å². The van der Waals surface area contributed by atoms with E-state index in [0.29, 0.717) is 0 Å². The van der Waals surface area contributed by atoms with Gasteiger partial charge in [0.05, 0.1) is 23.7 Å². The largest absolute Gasteiger partial charge is 0.456 e. The maximum atomic E-state index is 6.75. The number of pyridine rings is 2. The fourth-order valence-electron chi connectivity index (χ4n) is 7.91. The van der Waals surface area contributed by atoms with E-state index in [9.17, 15) is 0 Å². The zero-order valence-electron chi connectivity index (χ0n) is 23.4.